The second kappa shape index (κ2) is 9.89. The van der Waals surface area contributed by atoms with E-state index in [1.807, 2.05) is 0 Å². The quantitative estimate of drug-likeness (QED) is 0.556. The Hall–Kier alpha value is -1.27. The zero-order valence-electron chi connectivity index (χ0n) is 12.4. The first-order valence-electron chi connectivity index (χ1n) is 6.95. The Morgan fingerprint density at radius 2 is 1.88 bits per heavy atom. The van der Waals surface area contributed by atoms with Crippen molar-refractivity contribution in [2.75, 3.05) is 19.8 Å². The number of ether oxygens (including phenoxy) is 2. The molecule has 1 heterocycles. The van der Waals surface area contributed by atoms with Crippen LogP contribution in [0.15, 0.2) is 41.2 Å². The number of aromatic nitrogens is 2. The number of benzene rings is 1. The van der Waals surface area contributed by atoms with E-state index in [1.165, 1.54) is 10.9 Å². The summed E-state index contributed by atoms with van der Waals surface area (Å²) in [6.07, 6.45) is 5.50. The fraction of sp³-hybridized carbons (Fsp3) is 0.267. The summed E-state index contributed by atoms with van der Waals surface area (Å²) in [6.45, 7) is 1.05. The maximum absolute atomic E-state index is 6.17. The third-order valence-electron chi connectivity index (χ3n) is 2.70. The maximum Gasteiger partial charge on any atom is 0.156 e. The smallest absolute Gasteiger partial charge is 0.156 e. The Morgan fingerprint density at radius 3 is 2.50 bits per heavy atom. The molecule has 130 valence electrons. The van der Waals surface area contributed by atoms with Crippen LogP contribution in [-0.4, -0.2) is 29.8 Å². The monoisotopic (exact) mass is 410 g/mol. The number of hydrogen-bond acceptors (Lipinski definition) is 4. The average Bonchev–Trinajstić information content (AvgIpc) is 3.02. The van der Waals surface area contributed by atoms with Crippen molar-refractivity contribution in [1.82, 2.24) is 9.94 Å². The van der Waals surface area contributed by atoms with E-state index in [1.54, 1.807) is 30.6 Å². The first kappa shape index (κ1) is 19.1. The molecule has 0 radical (unpaired) electrons. The molecule has 0 saturated heterocycles. The Bertz CT molecular complexity index is 650. The number of nitrogens with zero attached hydrogens (tertiary/aromatic N) is 2. The normalized spacial score (nSPS) is 10.3. The van der Waals surface area contributed by atoms with Gasteiger partial charge < -0.3 is 14.3 Å². The highest BCUT2D eigenvalue weighted by Crippen LogP contribution is 2.37. The molecule has 0 aliphatic heterocycles. The molecule has 0 fully saturated rings. The van der Waals surface area contributed by atoms with Crippen LogP contribution in [0.3, 0.4) is 0 Å². The Morgan fingerprint density at radius 1 is 1.12 bits per heavy atom. The van der Waals surface area contributed by atoms with Gasteiger partial charge in [-0.2, -0.15) is 0 Å². The molecule has 1 aromatic carbocycles. The SMILES string of the molecule is ClC(Cl)=CCOc1cc(Cl)c(OCCCOn2cccn2)c(Cl)c1. The summed E-state index contributed by atoms with van der Waals surface area (Å²) in [4.78, 5) is 6.72. The molecule has 1 aromatic heterocycles. The molecule has 2 rings (SSSR count). The minimum atomic E-state index is 0.129. The molecule has 0 unspecified atom stereocenters. The lowest BCUT2D eigenvalue weighted by atomic mass is 10.3. The molecule has 24 heavy (non-hydrogen) atoms. The van der Waals surface area contributed by atoms with Gasteiger partial charge in [0.15, 0.2) is 5.75 Å². The van der Waals surface area contributed by atoms with E-state index in [0.29, 0.717) is 41.2 Å². The third-order valence-corrected chi connectivity index (χ3v) is 3.57. The standard InChI is InChI=1S/C15H14Cl4N2O3/c16-12-9-11(22-8-3-14(18)19)10-13(17)15(12)23-6-2-7-24-21-5-1-4-20-21/h1,3-5,9-10H,2,6-8H2. The van der Waals surface area contributed by atoms with Gasteiger partial charge in [0.2, 0.25) is 0 Å². The molecule has 5 nitrogen and oxygen atoms in total. The van der Waals surface area contributed by atoms with Crippen LogP contribution in [0.1, 0.15) is 6.42 Å². The van der Waals surface area contributed by atoms with Gasteiger partial charge in [0.05, 0.1) is 29.0 Å². The van der Waals surface area contributed by atoms with Crippen LogP contribution in [-0.2, 0) is 0 Å². The molecule has 0 spiro atoms. The first-order valence-corrected chi connectivity index (χ1v) is 8.46. The van der Waals surface area contributed by atoms with Crippen molar-refractivity contribution in [2.45, 2.75) is 6.42 Å². The molecule has 0 N–H and O–H groups in total. The van der Waals surface area contributed by atoms with Crippen LogP contribution in [0.2, 0.25) is 10.0 Å². The van der Waals surface area contributed by atoms with Crippen molar-refractivity contribution < 1.29 is 14.3 Å². The van der Waals surface area contributed by atoms with E-state index in [-0.39, 0.29) is 11.1 Å². The van der Waals surface area contributed by atoms with Crippen LogP contribution >= 0.6 is 46.4 Å². The van der Waals surface area contributed by atoms with Crippen LogP contribution in [0.25, 0.3) is 0 Å². The Balaban J connectivity index is 1.80. The second-order valence-electron chi connectivity index (χ2n) is 4.46. The van der Waals surface area contributed by atoms with E-state index < -0.39 is 0 Å². The van der Waals surface area contributed by atoms with E-state index in [4.69, 9.17) is 60.7 Å². The summed E-state index contributed by atoms with van der Waals surface area (Å²) in [6, 6.07) is 4.99. The maximum atomic E-state index is 6.17. The van der Waals surface area contributed by atoms with Gasteiger partial charge in [0, 0.05) is 18.6 Å². The number of hydrogen-bond donors (Lipinski definition) is 0. The summed E-state index contributed by atoms with van der Waals surface area (Å²) in [7, 11) is 0. The predicted octanol–water partition coefficient (Wildman–Crippen LogP) is 4.79. The summed E-state index contributed by atoms with van der Waals surface area (Å²) in [5.41, 5.74) is 0. The molecule has 2 aromatic rings. The number of halogens is 4. The van der Waals surface area contributed by atoms with Gasteiger partial charge in [0.1, 0.15) is 23.5 Å². The Kier molecular flexibility index (Phi) is 7.85. The lowest BCUT2D eigenvalue weighted by molar-refractivity contribution is 0.0732. The van der Waals surface area contributed by atoms with Crippen molar-refractivity contribution in [3.63, 3.8) is 0 Å². The van der Waals surface area contributed by atoms with Gasteiger partial charge in [-0.05, 0) is 12.1 Å². The van der Waals surface area contributed by atoms with Gasteiger partial charge in [0.25, 0.3) is 0 Å². The summed E-state index contributed by atoms with van der Waals surface area (Å²) in [5, 5.41) is 4.63. The predicted molar refractivity (Wildman–Crippen MR) is 95.5 cm³/mol. The molecule has 0 atom stereocenters. The molecule has 0 aliphatic rings. The molecule has 0 amide bonds. The van der Waals surface area contributed by atoms with Gasteiger partial charge >= 0.3 is 0 Å². The van der Waals surface area contributed by atoms with Gasteiger partial charge in [-0.25, -0.2) is 0 Å². The third kappa shape index (κ3) is 6.32. The lowest BCUT2D eigenvalue weighted by Gasteiger charge is -2.12. The highest BCUT2D eigenvalue weighted by atomic mass is 35.5. The first-order chi connectivity index (χ1) is 11.6. The molecule has 0 saturated carbocycles. The highest BCUT2D eigenvalue weighted by molar-refractivity contribution is 6.55. The highest BCUT2D eigenvalue weighted by Gasteiger charge is 2.10. The van der Waals surface area contributed by atoms with Gasteiger partial charge in [-0.3, -0.25) is 0 Å². The fourth-order valence-electron chi connectivity index (χ4n) is 1.68. The Labute approximate surface area is 159 Å². The molecular weight excluding hydrogens is 398 g/mol. The van der Waals surface area contributed by atoms with Crippen molar-refractivity contribution in [2.24, 2.45) is 0 Å². The van der Waals surface area contributed by atoms with E-state index in [2.05, 4.69) is 5.10 Å². The van der Waals surface area contributed by atoms with Crippen molar-refractivity contribution in [3.8, 4) is 11.5 Å². The molecule has 0 aliphatic carbocycles. The minimum Gasteiger partial charge on any atom is -0.490 e. The van der Waals surface area contributed by atoms with E-state index in [9.17, 15) is 0 Å². The largest absolute Gasteiger partial charge is 0.490 e. The fourth-order valence-corrected chi connectivity index (χ4v) is 2.38. The van der Waals surface area contributed by atoms with E-state index in [0.717, 1.165) is 0 Å². The zero-order chi connectivity index (χ0) is 17.4. The van der Waals surface area contributed by atoms with Crippen molar-refractivity contribution in [3.05, 3.63) is 51.2 Å². The molecule has 0 bridgehead atoms. The van der Waals surface area contributed by atoms with Gasteiger partial charge in [-0.1, -0.05) is 46.4 Å². The van der Waals surface area contributed by atoms with Crippen LogP contribution < -0.4 is 14.3 Å². The second-order valence-corrected chi connectivity index (χ2v) is 6.29. The average molecular weight is 412 g/mol. The minimum absolute atomic E-state index is 0.129. The van der Waals surface area contributed by atoms with Crippen LogP contribution in [0.4, 0.5) is 0 Å². The van der Waals surface area contributed by atoms with E-state index >= 15 is 0 Å². The summed E-state index contributed by atoms with van der Waals surface area (Å²) >= 11 is 23.3. The van der Waals surface area contributed by atoms with Crippen molar-refractivity contribution >= 4 is 46.4 Å². The molecular formula is C15H14Cl4N2O3. The van der Waals surface area contributed by atoms with Gasteiger partial charge in [-0.15, -0.1) is 9.94 Å². The van der Waals surface area contributed by atoms with Crippen LogP contribution in [0.5, 0.6) is 11.5 Å². The molecule has 9 heteroatoms. The zero-order valence-corrected chi connectivity index (χ0v) is 15.4. The lowest BCUT2D eigenvalue weighted by Crippen LogP contribution is -2.15. The van der Waals surface area contributed by atoms with Crippen molar-refractivity contribution in [1.29, 1.82) is 0 Å². The topological polar surface area (TPSA) is 45.5 Å². The number of rotatable bonds is 9. The summed E-state index contributed by atoms with van der Waals surface area (Å²) < 4.78 is 11.1. The summed E-state index contributed by atoms with van der Waals surface area (Å²) in [5.74, 6) is 0.890. The van der Waals surface area contributed by atoms with Crippen LogP contribution in [0, 0.1) is 0 Å².